The fourth-order valence-electron chi connectivity index (χ4n) is 1.90. The highest BCUT2D eigenvalue weighted by molar-refractivity contribution is 6.32. The van der Waals surface area contributed by atoms with Gasteiger partial charge in [-0.05, 0) is 31.2 Å². The van der Waals surface area contributed by atoms with Crippen LogP contribution in [-0.4, -0.2) is 27.4 Å². The van der Waals surface area contributed by atoms with E-state index in [1.165, 1.54) is 12.0 Å². The average molecular weight is 216 g/mol. The smallest absolute Gasteiger partial charge is 0.157 e. The molecular formula is C13H17BO2. The van der Waals surface area contributed by atoms with Crippen molar-refractivity contribution >= 4 is 13.3 Å². The first-order valence-corrected chi connectivity index (χ1v) is 5.92. The number of hydrogen-bond donors (Lipinski definition) is 0. The molecule has 0 N–H and O–H groups in total. The predicted octanol–water partition coefficient (Wildman–Crippen LogP) is 1.57. The fourth-order valence-corrected chi connectivity index (χ4v) is 1.90. The van der Waals surface area contributed by atoms with E-state index in [0.717, 1.165) is 31.3 Å². The van der Waals surface area contributed by atoms with E-state index in [1.54, 1.807) is 0 Å². The molecule has 0 aliphatic carbocycles. The van der Waals surface area contributed by atoms with E-state index >= 15 is 0 Å². The molecule has 1 aliphatic heterocycles. The number of rotatable bonds is 4. The molecule has 1 heterocycles. The molecule has 2 rings (SSSR count). The Balaban J connectivity index is 1.71. The summed E-state index contributed by atoms with van der Waals surface area (Å²) in [7, 11) is 5.71. The molecule has 2 nitrogen and oxygen atoms in total. The quantitative estimate of drug-likeness (QED) is 0.711. The minimum Gasteiger partial charge on any atom is -0.353 e. The van der Waals surface area contributed by atoms with E-state index < -0.39 is 0 Å². The van der Waals surface area contributed by atoms with Crippen LogP contribution in [0.1, 0.15) is 24.8 Å². The van der Waals surface area contributed by atoms with Gasteiger partial charge in [0.2, 0.25) is 0 Å². The third-order valence-electron chi connectivity index (χ3n) is 2.78. The summed E-state index contributed by atoms with van der Waals surface area (Å²) in [6.07, 6.45) is 4.30. The minimum atomic E-state index is 0.00908. The Bertz CT molecular complexity index is 321. The molecule has 16 heavy (non-hydrogen) atoms. The summed E-state index contributed by atoms with van der Waals surface area (Å²) < 4.78 is 11.2. The molecule has 1 aromatic rings. The Morgan fingerprint density at radius 1 is 1.38 bits per heavy atom. The van der Waals surface area contributed by atoms with Crippen molar-refractivity contribution in [3.8, 4) is 0 Å². The SMILES string of the molecule is [B]c1cccc(CCOC2CCCCO2)c1. The minimum absolute atomic E-state index is 0.00908. The molecule has 1 saturated heterocycles. The van der Waals surface area contributed by atoms with Crippen molar-refractivity contribution in [2.45, 2.75) is 32.0 Å². The van der Waals surface area contributed by atoms with Gasteiger partial charge in [-0.1, -0.05) is 29.7 Å². The first-order valence-electron chi connectivity index (χ1n) is 5.92. The van der Waals surface area contributed by atoms with Crippen LogP contribution < -0.4 is 5.46 Å². The van der Waals surface area contributed by atoms with Crippen molar-refractivity contribution in [1.82, 2.24) is 0 Å². The van der Waals surface area contributed by atoms with Crippen LogP contribution in [0.25, 0.3) is 0 Å². The van der Waals surface area contributed by atoms with E-state index in [-0.39, 0.29) is 6.29 Å². The molecule has 1 atom stereocenters. The molecule has 1 aliphatic rings. The molecule has 1 fully saturated rings. The van der Waals surface area contributed by atoms with Crippen molar-refractivity contribution in [3.63, 3.8) is 0 Å². The monoisotopic (exact) mass is 216 g/mol. The van der Waals surface area contributed by atoms with Crippen molar-refractivity contribution in [1.29, 1.82) is 0 Å². The highest BCUT2D eigenvalue weighted by Crippen LogP contribution is 2.13. The third-order valence-corrected chi connectivity index (χ3v) is 2.78. The van der Waals surface area contributed by atoms with Gasteiger partial charge in [-0.3, -0.25) is 0 Å². The van der Waals surface area contributed by atoms with Crippen molar-refractivity contribution in [3.05, 3.63) is 29.8 Å². The number of benzene rings is 1. The molecule has 0 bridgehead atoms. The Labute approximate surface area is 98.4 Å². The topological polar surface area (TPSA) is 18.5 Å². The summed E-state index contributed by atoms with van der Waals surface area (Å²) >= 11 is 0. The number of hydrogen-bond acceptors (Lipinski definition) is 2. The van der Waals surface area contributed by atoms with Crippen LogP contribution in [0.4, 0.5) is 0 Å². The highest BCUT2D eigenvalue weighted by Gasteiger charge is 2.13. The summed E-state index contributed by atoms with van der Waals surface area (Å²) in [5.41, 5.74) is 2.03. The van der Waals surface area contributed by atoms with Crippen molar-refractivity contribution in [2.75, 3.05) is 13.2 Å². The molecular weight excluding hydrogens is 199 g/mol. The lowest BCUT2D eigenvalue weighted by Gasteiger charge is -2.22. The van der Waals surface area contributed by atoms with Gasteiger partial charge in [0.15, 0.2) is 6.29 Å². The van der Waals surface area contributed by atoms with E-state index in [9.17, 15) is 0 Å². The van der Waals surface area contributed by atoms with Crippen molar-refractivity contribution < 1.29 is 9.47 Å². The van der Waals surface area contributed by atoms with Crippen LogP contribution in [0.2, 0.25) is 0 Å². The maximum atomic E-state index is 5.71. The maximum Gasteiger partial charge on any atom is 0.157 e. The second-order valence-corrected chi connectivity index (χ2v) is 4.16. The summed E-state index contributed by atoms with van der Waals surface area (Å²) in [5.74, 6) is 0. The predicted molar refractivity (Wildman–Crippen MR) is 65.1 cm³/mol. The van der Waals surface area contributed by atoms with Gasteiger partial charge in [0.05, 0.1) is 6.61 Å². The summed E-state index contributed by atoms with van der Waals surface area (Å²) in [4.78, 5) is 0. The van der Waals surface area contributed by atoms with Gasteiger partial charge >= 0.3 is 0 Å². The summed E-state index contributed by atoms with van der Waals surface area (Å²) in [5, 5.41) is 0. The van der Waals surface area contributed by atoms with Crippen LogP contribution in [0.3, 0.4) is 0 Å². The van der Waals surface area contributed by atoms with Crippen LogP contribution in [0.5, 0.6) is 0 Å². The van der Waals surface area contributed by atoms with Gasteiger partial charge < -0.3 is 9.47 Å². The largest absolute Gasteiger partial charge is 0.353 e. The Hall–Kier alpha value is -0.795. The normalized spacial score (nSPS) is 20.9. The van der Waals surface area contributed by atoms with E-state index in [2.05, 4.69) is 6.07 Å². The Kier molecular flexibility index (Phi) is 4.43. The van der Waals surface area contributed by atoms with Gasteiger partial charge in [0.1, 0.15) is 7.85 Å². The molecule has 2 radical (unpaired) electrons. The Morgan fingerprint density at radius 3 is 3.06 bits per heavy atom. The number of ether oxygens (including phenoxy) is 2. The summed E-state index contributed by atoms with van der Waals surface area (Å²) in [6, 6.07) is 7.93. The molecule has 0 amide bonds. The van der Waals surface area contributed by atoms with Crippen LogP contribution in [0.15, 0.2) is 24.3 Å². The van der Waals surface area contributed by atoms with E-state index in [1.807, 2.05) is 18.2 Å². The molecule has 84 valence electrons. The van der Waals surface area contributed by atoms with Crippen molar-refractivity contribution in [2.24, 2.45) is 0 Å². The molecule has 0 aromatic heterocycles. The second-order valence-electron chi connectivity index (χ2n) is 4.16. The first-order chi connectivity index (χ1) is 7.84. The zero-order chi connectivity index (χ0) is 11.2. The third kappa shape index (κ3) is 3.65. The average Bonchev–Trinajstić information content (AvgIpc) is 2.30. The molecule has 0 saturated carbocycles. The fraction of sp³-hybridized carbons (Fsp3) is 0.538. The lowest BCUT2D eigenvalue weighted by atomic mass is 9.94. The van der Waals surface area contributed by atoms with Crippen LogP contribution in [-0.2, 0) is 15.9 Å². The van der Waals surface area contributed by atoms with Crippen LogP contribution >= 0.6 is 0 Å². The first kappa shape index (κ1) is 11.7. The zero-order valence-corrected chi connectivity index (χ0v) is 9.52. The maximum absolute atomic E-state index is 5.71. The summed E-state index contributed by atoms with van der Waals surface area (Å²) in [6.45, 7) is 1.54. The van der Waals surface area contributed by atoms with Crippen LogP contribution in [0, 0.1) is 0 Å². The molecule has 1 unspecified atom stereocenters. The van der Waals surface area contributed by atoms with E-state index in [4.69, 9.17) is 17.3 Å². The molecule has 0 spiro atoms. The van der Waals surface area contributed by atoms with Gasteiger partial charge in [-0.2, -0.15) is 0 Å². The Morgan fingerprint density at radius 2 is 2.31 bits per heavy atom. The second kappa shape index (κ2) is 6.07. The van der Waals surface area contributed by atoms with Gasteiger partial charge in [0, 0.05) is 6.61 Å². The highest BCUT2D eigenvalue weighted by atomic mass is 16.7. The molecule has 3 heteroatoms. The van der Waals surface area contributed by atoms with Gasteiger partial charge in [-0.25, -0.2) is 0 Å². The standard InChI is InChI=1S/C13H17BO2/c14-12-5-3-4-11(10-12)7-9-16-13-6-1-2-8-15-13/h3-5,10,13H,1-2,6-9H2. The van der Waals surface area contributed by atoms with Gasteiger partial charge in [0.25, 0.3) is 0 Å². The lowest BCUT2D eigenvalue weighted by molar-refractivity contribution is -0.161. The van der Waals surface area contributed by atoms with E-state index in [0.29, 0.717) is 6.61 Å². The molecule has 1 aromatic carbocycles. The van der Waals surface area contributed by atoms with Gasteiger partial charge in [-0.15, -0.1) is 0 Å². The lowest BCUT2D eigenvalue weighted by Crippen LogP contribution is -2.23. The zero-order valence-electron chi connectivity index (χ0n) is 9.52.